The standard InChI is InChI=1S/C13H14F2N2O3/c14-10-3-8(9(13(19)20)4-11(10)15)12(18)17-2-1-7(5-16)6-17/h3-4,7H,1-2,5-6,16H2,(H,19,20). The quantitative estimate of drug-likeness (QED) is 0.870. The second-order valence-electron chi connectivity index (χ2n) is 4.76. The van der Waals surface area contributed by atoms with Crippen molar-refractivity contribution >= 4 is 11.9 Å². The molecule has 0 aromatic heterocycles. The van der Waals surface area contributed by atoms with Gasteiger partial charge in [0.05, 0.1) is 11.1 Å². The van der Waals surface area contributed by atoms with Crippen LogP contribution in [-0.4, -0.2) is 41.5 Å². The first-order valence-corrected chi connectivity index (χ1v) is 6.15. The van der Waals surface area contributed by atoms with E-state index in [2.05, 4.69) is 0 Å². The molecule has 3 N–H and O–H groups in total. The molecule has 5 nitrogen and oxygen atoms in total. The number of likely N-dealkylation sites (tertiary alicyclic amines) is 1. The predicted octanol–water partition coefficient (Wildman–Crippen LogP) is 1.08. The average Bonchev–Trinajstić information content (AvgIpc) is 2.89. The zero-order valence-electron chi connectivity index (χ0n) is 10.6. The molecule has 0 radical (unpaired) electrons. The molecule has 0 saturated carbocycles. The van der Waals surface area contributed by atoms with Gasteiger partial charge in [0, 0.05) is 13.1 Å². The molecular weight excluding hydrogens is 270 g/mol. The zero-order chi connectivity index (χ0) is 14.9. The van der Waals surface area contributed by atoms with Gasteiger partial charge in [-0.1, -0.05) is 0 Å². The minimum absolute atomic E-state index is 0.150. The molecule has 1 aromatic carbocycles. The Hall–Kier alpha value is -2.02. The van der Waals surface area contributed by atoms with Crippen LogP contribution in [0.15, 0.2) is 12.1 Å². The highest BCUT2D eigenvalue weighted by molar-refractivity contribution is 6.04. The first kappa shape index (κ1) is 14.4. The van der Waals surface area contributed by atoms with E-state index in [1.165, 1.54) is 4.90 Å². The highest BCUT2D eigenvalue weighted by Gasteiger charge is 2.29. The summed E-state index contributed by atoms with van der Waals surface area (Å²) in [6, 6.07) is 1.16. The molecule has 1 amide bonds. The largest absolute Gasteiger partial charge is 0.478 e. The van der Waals surface area contributed by atoms with E-state index < -0.39 is 29.1 Å². The monoisotopic (exact) mass is 284 g/mol. The fourth-order valence-corrected chi connectivity index (χ4v) is 2.28. The SMILES string of the molecule is NCC1CCN(C(=O)c2cc(F)c(F)cc2C(=O)O)C1. The minimum Gasteiger partial charge on any atom is -0.478 e. The fraction of sp³-hybridized carbons (Fsp3) is 0.385. The normalized spacial score (nSPS) is 18.4. The minimum atomic E-state index is -1.47. The van der Waals surface area contributed by atoms with Crippen molar-refractivity contribution in [1.29, 1.82) is 0 Å². The number of hydrogen-bond donors (Lipinski definition) is 2. The Labute approximate surface area is 114 Å². The molecule has 7 heteroatoms. The zero-order valence-corrected chi connectivity index (χ0v) is 10.6. The maximum atomic E-state index is 13.3. The van der Waals surface area contributed by atoms with Gasteiger partial charge in [-0.05, 0) is 31.0 Å². The van der Waals surface area contributed by atoms with Crippen LogP contribution in [0.3, 0.4) is 0 Å². The maximum Gasteiger partial charge on any atom is 0.336 e. The van der Waals surface area contributed by atoms with E-state index in [9.17, 15) is 18.4 Å². The van der Waals surface area contributed by atoms with Crippen molar-refractivity contribution in [1.82, 2.24) is 4.90 Å². The number of aromatic carboxylic acids is 1. The maximum absolute atomic E-state index is 13.3. The van der Waals surface area contributed by atoms with Gasteiger partial charge in [-0.2, -0.15) is 0 Å². The number of nitrogens with two attached hydrogens (primary N) is 1. The molecule has 0 spiro atoms. The number of carboxylic acids is 1. The van der Waals surface area contributed by atoms with E-state index in [0.717, 1.165) is 0 Å². The number of amides is 1. The smallest absolute Gasteiger partial charge is 0.336 e. The lowest BCUT2D eigenvalue weighted by atomic mass is 10.1. The molecule has 1 heterocycles. The Balaban J connectivity index is 2.34. The Bertz CT molecular complexity index is 563. The number of carbonyl (C=O) groups is 2. The van der Waals surface area contributed by atoms with Crippen LogP contribution in [0.4, 0.5) is 8.78 Å². The van der Waals surface area contributed by atoms with Crippen LogP contribution < -0.4 is 5.73 Å². The summed E-state index contributed by atoms with van der Waals surface area (Å²) in [6.45, 7) is 1.25. The lowest BCUT2D eigenvalue weighted by molar-refractivity contribution is 0.0679. The molecule has 1 saturated heterocycles. The van der Waals surface area contributed by atoms with Crippen molar-refractivity contribution in [3.63, 3.8) is 0 Å². The summed E-state index contributed by atoms with van der Waals surface area (Å²) in [6.07, 6.45) is 0.717. The number of carboxylic acid groups (broad SMARTS) is 1. The number of hydrogen-bond acceptors (Lipinski definition) is 3. The average molecular weight is 284 g/mol. The molecule has 1 unspecified atom stereocenters. The summed E-state index contributed by atoms with van der Waals surface area (Å²) in [7, 11) is 0. The molecule has 20 heavy (non-hydrogen) atoms. The molecule has 1 aromatic rings. The van der Waals surface area contributed by atoms with E-state index >= 15 is 0 Å². The topological polar surface area (TPSA) is 83.6 Å². The summed E-state index contributed by atoms with van der Waals surface area (Å²) in [5.74, 6) is -4.47. The van der Waals surface area contributed by atoms with Crippen molar-refractivity contribution in [2.45, 2.75) is 6.42 Å². The second kappa shape index (κ2) is 5.54. The highest BCUT2D eigenvalue weighted by Crippen LogP contribution is 2.21. The van der Waals surface area contributed by atoms with Gasteiger partial charge in [0.1, 0.15) is 0 Å². The molecular formula is C13H14F2N2O3. The van der Waals surface area contributed by atoms with E-state index in [1.54, 1.807) is 0 Å². The number of carbonyl (C=O) groups excluding carboxylic acids is 1. The van der Waals surface area contributed by atoms with Crippen LogP contribution in [0, 0.1) is 17.6 Å². The Morgan fingerprint density at radius 1 is 1.30 bits per heavy atom. The van der Waals surface area contributed by atoms with Gasteiger partial charge >= 0.3 is 5.97 Å². The first-order chi connectivity index (χ1) is 9.43. The van der Waals surface area contributed by atoms with Crippen LogP contribution >= 0.6 is 0 Å². The van der Waals surface area contributed by atoms with Crippen LogP contribution in [0.1, 0.15) is 27.1 Å². The van der Waals surface area contributed by atoms with Gasteiger partial charge in [0.2, 0.25) is 0 Å². The lowest BCUT2D eigenvalue weighted by Gasteiger charge is -2.17. The van der Waals surface area contributed by atoms with Gasteiger partial charge in [-0.25, -0.2) is 13.6 Å². The first-order valence-electron chi connectivity index (χ1n) is 6.15. The van der Waals surface area contributed by atoms with Crippen molar-refractivity contribution in [2.75, 3.05) is 19.6 Å². The third kappa shape index (κ3) is 2.62. The lowest BCUT2D eigenvalue weighted by Crippen LogP contribution is -2.31. The third-order valence-electron chi connectivity index (χ3n) is 3.43. The summed E-state index contributed by atoms with van der Waals surface area (Å²) in [5, 5.41) is 8.99. The molecule has 0 bridgehead atoms. The van der Waals surface area contributed by atoms with Gasteiger partial charge in [0.15, 0.2) is 11.6 Å². The van der Waals surface area contributed by atoms with Crippen LogP contribution in [0.5, 0.6) is 0 Å². The highest BCUT2D eigenvalue weighted by atomic mass is 19.2. The van der Waals surface area contributed by atoms with Gasteiger partial charge in [-0.15, -0.1) is 0 Å². The van der Waals surface area contributed by atoms with Crippen molar-refractivity contribution in [2.24, 2.45) is 11.7 Å². The molecule has 0 aliphatic carbocycles. The van der Waals surface area contributed by atoms with E-state index in [4.69, 9.17) is 10.8 Å². The summed E-state index contributed by atoms with van der Waals surface area (Å²) >= 11 is 0. The van der Waals surface area contributed by atoms with Gasteiger partial charge < -0.3 is 15.7 Å². The summed E-state index contributed by atoms with van der Waals surface area (Å²) < 4.78 is 26.4. The predicted molar refractivity (Wildman–Crippen MR) is 66.4 cm³/mol. The number of benzene rings is 1. The molecule has 1 atom stereocenters. The molecule has 2 rings (SSSR count). The fourth-order valence-electron chi connectivity index (χ4n) is 2.28. The van der Waals surface area contributed by atoms with E-state index in [1.807, 2.05) is 0 Å². The van der Waals surface area contributed by atoms with Gasteiger partial charge in [0.25, 0.3) is 5.91 Å². The van der Waals surface area contributed by atoms with Crippen LogP contribution in [0.25, 0.3) is 0 Å². The van der Waals surface area contributed by atoms with E-state index in [0.29, 0.717) is 38.2 Å². The second-order valence-corrected chi connectivity index (χ2v) is 4.76. The molecule has 1 aliphatic rings. The van der Waals surface area contributed by atoms with Crippen molar-refractivity contribution in [3.8, 4) is 0 Å². The van der Waals surface area contributed by atoms with Crippen LogP contribution in [-0.2, 0) is 0 Å². The van der Waals surface area contributed by atoms with E-state index in [-0.39, 0.29) is 11.5 Å². The summed E-state index contributed by atoms with van der Waals surface area (Å²) in [4.78, 5) is 24.7. The van der Waals surface area contributed by atoms with Crippen molar-refractivity contribution < 1.29 is 23.5 Å². The third-order valence-corrected chi connectivity index (χ3v) is 3.43. The van der Waals surface area contributed by atoms with Crippen LogP contribution in [0.2, 0.25) is 0 Å². The molecule has 108 valence electrons. The molecule has 1 aliphatic heterocycles. The van der Waals surface area contributed by atoms with Gasteiger partial charge in [-0.3, -0.25) is 4.79 Å². The Kier molecular flexibility index (Phi) is 3.99. The number of nitrogens with zero attached hydrogens (tertiary/aromatic N) is 1. The Morgan fingerprint density at radius 2 is 1.90 bits per heavy atom. The summed E-state index contributed by atoms with van der Waals surface area (Å²) in [5.41, 5.74) is 4.64. The molecule has 1 fully saturated rings. The number of halogens is 2. The van der Waals surface area contributed by atoms with Crippen molar-refractivity contribution in [3.05, 3.63) is 34.9 Å². The Morgan fingerprint density at radius 3 is 2.40 bits per heavy atom. The number of rotatable bonds is 3.